The molecular formula is C15H25N5O4S. The summed E-state index contributed by atoms with van der Waals surface area (Å²) in [7, 11) is -3.19. The van der Waals surface area contributed by atoms with E-state index < -0.39 is 10.0 Å². The first-order valence-electron chi connectivity index (χ1n) is 8.69. The molecule has 2 aliphatic heterocycles. The third-order valence-electron chi connectivity index (χ3n) is 4.75. The van der Waals surface area contributed by atoms with Crippen LogP contribution in [0.15, 0.2) is 6.20 Å². The molecule has 140 valence electrons. The molecule has 1 unspecified atom stereocenters. The second kappa shape index (κ2) is 7.79. The van der Waals surface area contributed by atoms with E-state index in [-0.39, 0.29) is 11.9 Å². The summed E-state index contributed by atoms with van der Waals surface area (Å²) in [5.41, 5.74) is 0.325. The zero-order valence-electron chi connectivity index (χ0n) is 14.5. The molecule has 0 spiro atoms. The fraction of sp³-hybridized carbons (Fsp3) is 0.800. The van der Waals surface area contributed by atoms with Gasteiger partial charge in [-0.3, -0.25) is 9.48 Å². The van der Waals surface area contributed by atoms with Crippen LogP contribution in [0.4, 0.5) is 0 Å². The SMILES string of the molecule is CS(=O)(=O)N1CCCCC1CCn1cc(C(=O)N2CCOCC2)nn1. The van der Waals surface area contributed by atoms with Crippen molar-refractivity contribution in [3.63, 3.8) is 0 Å². The molecule has 10 heteroatoms. The highest BCUT2D eigenvalue weighted by Gasteiger charge is 2.29. The minimum Gasteiger partial charge on any atom is -0.378 e. The highest BCUT2D eigenvalue weighted by atomic mass is 32.2. The van der Waals surface area contributed by atoms with E-state index >= 15 is 0 Å². The van der Waals surface area contributed by atoms with Crippen molar-refractivity contribution in [3.05, 3.63) is 11.9 Å². The summed E-state index contributed by atoms with van der Waals surface area (Å²) >= 11 is 0. The van der Waals surface area contributed by atoms with Crippen LogP contribution >= 0.6 is 0 Å². The summed E-state index contributed by atoms with van der Waals surface area (Å²) in [6.07, 6.45) is 6.38. The van der Waals surface area contributed by atoms with Crippen LogP contribution in [0.2, 0.25) is 0 Å². The summed E-state index contributed by atoms with van der Waals surface area (Å²) in [4.78, 5) is 14.1. The molecule has 1 amide bonds. The first-order chi connectivity index (χ1) is 11.9. The summed E-state index contributed by atoms with van der Waals surface area (Å²) in [6.45, 7) is 3.35. The number of carbonyl (C=O) groups excluding carboxylic acids is 1. The maximum Gasteiger partial charge on any atom is 0.276 e. The van der Waals surface area contributed by atoms with Crippen molar-refractivity contribution in [2.75, 3.05) is 39.1 Å². The molecule has 1 atom stereocenters. The fourth-order valence-electron chi connectivity index (χ4n) is 3.41. The molecule has 2 aliphatic rings. The van der Waals surface area contributed by atoms with Crippen molar-refractivity contribution in [1.82, 2.24) is 24.2 Å². The maximum absolute atomic E-state index is 12.4. The Morgan fingerprint density at radius 2 is 2.04 bits per heavy atom. The number of hydrogen-bond acceptors (Lipinski definition) is 6. The molecule has 3 rings (SSSR count). The quantitative estimate of drug-likeness (QED) is 0.720. The molecule has 0 aliphatic carbocycles. The van der Waals surface area contributed by atoms with E-state index in [2.05, 4.69) is 10.3 Å². The molecule has 2 saturated heterocycles. The van der Waals surface area contributed by atoms with E-state index in [0.717, 1.165) is 19.3 Å². The molecule has 0 radical (unpaired) electrons. The lowest BCUT2D eigenvalue weighted by Gasteiger charge is -2.33. The topological polar surface area (TPSA) is 97.6 Å². The Labute approximate surface area is 148 Å². The standard InChI is InChI=1S/C15H25N5O4S/c1-25(22,23)20-6-3-2-4-13(20)5-7-19-12-14(16-17-19)15(21)18-8-10-24-11-9-18/h12-13H,2-11H2,1H3. The number of sulfonamides is 1. The number of aromatic nitrogens is 3. The first-order valence-corrected chi connectivity index (χ1v) is 10.5. The minimum atomic E-state index is -3.19. The molecule has 1 aromatic heterocycles. The highest BCUT2D eigenvalue weighted by Crippen LogP contribution is 2.22. The van der Waals surface area contributed by atoms with Crippen LogP contribution in [0.1, 0.15) is 36.2 Å². The van der Waals surface area contributed by atoms with E-state index in [0.29, 0.717) is 51.5 Å². The molecule has 25 heavy (non-hydrogen) atoms. The number of ether oxygens (including phenoxy) is 1. The van der Waals surface area contributed by atoms with E-state index in [9.17, 15) is 13.2 Å². The van der Waals surface area contributed by atoms with Gasteiger partial charge < -0.3 is 9.64 Å². The zero-order valence-corrected chi connectivity index (χ0v) is 15.3. The van der Waals surface area contributed by atoms with Crippen molar-refractivity contribution >= 4 is 15.9 Å². The van der Waals surface area contributed by atoms with E-state index in [1.807, 2.05) is 0 Å². The van der Waals surface area contributed by atoms with Crippen LogP contribution in [0.25, 0.3) is 0 Å². The van der Waals surface area contributed by atoms with E-state index in [1.165, 1.54) is 6.26 Å². The van der Waals surface area contributed by atoms with Gasteiger partial charge in [0.1, 0.15) is 0 Å². The first kappa shape index (κ1) is 18.3. The Hall–Kier alpha value is -1.52. The van der Waals surface area contributed by atoms with E-state index in [1.54, 1.807) is 20.1 Å². The van der Waals surface area contributed by atoms with Gasteiger partial charge in [-0.2, -0.15) is 4.31 Å². The molecule has 0 aromatic carbocycles. The Morgan fingerprint density at radius 1 is 1.28 bits per heavy atom. The van der Waals surface area contributed by atoms with Crippen LogP contribution in [-0.4, -0.2) is 83.7 Å². The van der Waals surface area contributed by atoms with Gasteiger partial charge in [-0.05, 0) is 19.3 Å². The number of nitrogens with zero attached hydrogens (tertiary/aromatic N) is 5. The summed E-state index contributed by atoms with van der Waals surface area (Å²) < 4.78 is 32.3. The van der Waals surface area contributed by atoms with E-state index in [4.69, 9.17) is 4.74 Å². The molecule has 0 saturated carbocycles. The number of rotatable bonds is 5. The summed E-state index contributed by atoms with van der Waals surface area (Å²) in [6, 6.07) is -0.00801. The maximum atomic E-state index is 12.4. The van der Waals surface area contributed by atoms with Gasteiger partial charge in [0.2, 0.25) is 10.0 Å². The van der Waals surface area contributed by atoms with Crippen LogP contribution in [0.5, 0.6) is 0 Å². The molecule has 3 heterocycles. The second-order valence-electron chi connectivity index (χ2n) is 6.58. The van der Waals surface area contributed by atoms with Crippen LogP contribution < -0.4 is 0 Å². The largest absolute Gasteiger partial charge is 0.378 e. The molecule has 0 N–H and O–H groups in total. The molecular weight excluding hydrogens is 346 g/mol. The van der Waals surface area contributed by atoms with Gasteiger partial charge in [0, 0.05) is 32.2 Å². The Bertz CT molecular complexity index is 699. The molecule has 9 nitrogen and oxygen atoms in total. The smallest absolute Gasteiger partial charge is 0.276 e. The van der Waals surface area contributed by atoms with Crippen LogP contribution in [0, 0.1) is 0 Å². The van der Waals surface area contributed by atoms with Crippen LogP contribution in [0.3, 0.4) is 0 Å². The molecule has 0 bridgehead atoms. The van der Waals surface area contributed by atoms with Crippen molar-refractivity contribution in [1.29, 1.82) is 0 Å². The number of aryl methyl sites for hydroxylation is 1. The van der Waals surface area contributed by atoms with Gasteiger partial charge in [0.25, 0.3) is 5.91 Å². The zero-order chi connectivity index (χ0) is 17.9. The number of hydrogen-bond donors (Lipinski definition) is 0. The van der Waals surface area contributed by atoms with Gasteiger partial charge in [-0.1, -0.05) is 11.6 Å². The van der Waals surface area contributed by atoms with Crippen molar-refractivity contribution in [2.45, 2.75) is 38.3 Å². The third kappa shape index (κ3) is 4.56. The number of piperidine rings is 1. The van der Waals surface area contributed by atoms with Gasteiger partial charge in [-0.15, -0.1) is 5.10 Å². The normalized spacial score (nSPS) is 22.9. The average Bonchev–Trinajstić information content (AvgIpc) is 3.08. The fourth-order valence-corrected chi connectivity index (χ4v) is 4.63. The van der Waals surface area contributed by atoms with Gasteiger partial charge in [0.15, 0.2) is 5.69 Å². The number of amides is 1. The van der Waals surface area contributed by atoms with Crippen molar-refractivity contribution in [3.8, 4) is 0 Å². The van der Waals surface area contributed by atoms with Gasteiger partial charge in [-0.25, -0.2) is 8.42 Å². The number of morpholine rings is 1. The Morgan fingerprint density at radius 3 is 2.76 bits per heavy atom. The predicted octanol–water partition coefficient (Wildman–Crippen LogP) is -0.0453. The minimum absolute atomic E-state index is 0.00801. The summed E-state index contributed by atoms with van der Waals surface area (Å²) in [5, 5.41) is 8.00. The highest BCUT2D eigenvalue weighted by molar-refractivity contribution is 7.88. The van der Waals surface area contributed by atoms with Crippen molar-refractivity contribution < 1.29 is 17.9 Å². The summed E-state index contributed by atoms with van der Waals surface area (Å²) in [5.74, 6) is -0.134. The Balaban J connectivity index is 1.58. The van der Waals surface area contributed by atoms with Gasteiger partial charge >= 0.3 is 0 Å². The third-order valence-corrected chi connectivity index (χ3v) is 6.08. The molecule has 1 aromatic rings. The average molecular weight is 371 g/mol. The molecule has 2 fully saturated rings. The van der Waals surface area contributed by atoms with Crippen LogP contribution in [-0.2, 0) is 21.3 Å². The monoisotopic (exact) mass is 371 g/mol. The predicted molar refractivity (Wildman–Crippen MR) is 90.6 cm³/mol. The lowest BCUT2D eigenvalue weighted by atomic mass is 10.0. The lowest BCUT2D eigenvalue weighted by molar-refractivity contribution is 0.0299. The van der Waals surface area contributed by atoms with Gasteiger partial charge in [0.05, 0.1) is 25.7 Å². The number of carbonyl (C=O) groups is 1. The Kier molecular flexibility index (Phi) is 5.70. The second-order valence-corrected chi connectivity index (χ2v) is 8.52. The van der Waals surface area contributed by atoms with Crippen molar-refractivity contribution in [2.24, 2.45) is 0 Å². The lowest BCUT2D eigenvalue weighted by Crippen LogP contribution is -2.43.